The van der Waals surface area contributed by atoms with Crippen molar-refractivity contribution in [3.63, 3.8) is 0 Å². The second-order valence-electron chi connectivity index (χ2n) is 7.37. The predicted octanol–water partition coefficient (Wildman–Crippen LogP) is 4.07. The smallest absolute Gasteiger partial charge is 0.278 e. The van der Waals surface area contributed by atoms with Gasteiger partial charge in [0.25, 0.3) is 5.91 Å². The van der Waals surface area contributed by atoms with Gasteiger partial charge in [0.15, 0.2) is 5.69 Å². The molecule has 0 spiro atoms. The molecule has 0 bridgehead atoms. The summed E-state index contributed by atoms with van der Waals surface area (Å²) in [5.41, 5.74) is 4.88. The van der Waals surface area contributed by atoms with Gasteiger partial charge in [-0.15, -0.1) is 0 Å². The molecule has 1 N–H and O–H groups in total. The number of ether oxygens (including phenoxy) is 1. The number of hydrogen-bond donors (Lipinski definition) is 1. The molecule has 0 saturated heterocycles. The lowest BCUT2D eigenvalue weighted by molar-refractivity contribution is 0.101. The summed E-state index contributed by atoms with van der Waals surface area (Å²) in [6.07, 6.45) is 3.84. The van der Waals surface area contributed by atoms with E-state index in [1.807, 2.05) is 49.7 Å². The molecule has 3 aromatic rings. The Morgan fingerprint density at radius 1 is 1.21 bits per heavy atom. The second kappa shape index (κ2) is 8.11. The fourth-order valence-corrected chi connectivity index (χ4v) is 3.80. The van der Waals surface area contributed by atoms with Crippen LogP contribution in [0.5, 0.6) is 5.75 Å². The number of nitrogens with one attached hydrogen (secondary N) is 1. The number of aromatic nitrogens is 3. The maximum Gasteiger partial charge on any atom is 0.278 e. The first-order valence-corrected chi connectivity index (χ1v) is 10.1. The molecule has 0 radical (unpaired) electrons. The van der Waals surface area contributed by atoms with Crippen LogP contribution in [-0.2, 0) is 19.4 Å². The number of rotatable bonds is 6. The van der Waals surface area contributed by atoms with Crippen molar-refractivity contribution in [3.8, 4) is 5.75 Å². The van der Waals surface area contributed by atoms with Crippen LogP contribution >= 0.6 is 0 Å². The van der Waals surface area contributed by atoms with E-state index in [-0.39, 0.29) is 5.91 Å². The fourth-order valence-electron chi connectivity index (χ4n) is 3.80. The van der Waals surface area contributed by atoms with Gasteiger partial charge < -0.3 is 14.6 Å². The SMILES string of the molecule is CCOc1ccc(Cn2nc(C)c(NC(=O)c3noc4c3CCCC4)c2C)cc1. The Bertz CT molecular complexity index is 1020. The van der Waals surface area contributed by atoms with Crippen LogP contribution in [0.15, 0.2) is 28.8 Å². The van der Waals surface area contributed by atoms with E-state index in [9.17, 15) is 4.79 Å². The van der Waals surface area contributed by atoms with Crippen molar-refractivity contribution in [3.05, 3.63) is 58.2 Å². The monoisotopic (exact) mass is 394 g/mol. The molecule has 0 atom stereocenters. The maximum atomic E-state index is 12.8. The van der Waals surface area contributed by atoms with Gasteiger partial charge in [0.05, 0.1) is 30.2 Å². The number of benzene rings is 1. The van der Waals surface area contributed by atoms with Gasteiger partial charge in [-0.3, -0.25) is 9.48 Å². The van der Waals surface area contributed by atoms with Crippen LogP contribution in [0.1, 0.15) is 58.5 Å². The first-order chi connectivity index (χ1) is 14.1. The Labute approximate surface area is 170 Å². The summed E-state index contributed by atoms with van der Waals surface area (Å²) in [7, 11) is 0. The number of aryl methyl sites for hydroxylation is 2. The summed E-state index contributed by atoms with van der Waals surface area (Å²) >= 11 is 0. The Morgan fingerprint density at radius 2 is 1.97 bits per heavy atom. The van der Waals surface area contributed by atoms with Gasteiger partial charge in [0, 0.05) is 12.0 Å². The normalized spacial score (nSPS) is 13.2. The first kappa shape index (κ1) is 19.2. The zero-order valence-corrected chi connectivity index (χ0v) is 17.1. The number of nitrogens with zero attached hydrogens (tertiary/aromatic N) is 3. The predicted molar refractivity (Wildman–Crippen MR) is 110 cm³/mol. The minimum Gasteiger partial charge on any atom is -0.494 e. The summed E-state index contributed by atoms with van der Waals surface area (Å²) in [5, 5.41) is 11.6. The molecule has 1 aromatic carbocycles. The molecule has 7 nitrogen and oxygen atoms in total. The van der Waals surface area contributed by atoms with Crippen molar-refractivity contribution in [2.45, 2.75) is 53.0 Å². The fraction of sp³-hybridized carbons (Fsp3) is 0.409. The number of carbonyl (C=O) groups excluding carboxylic acids is 1. The molecule has 152 valence electrons. The Morgan fingerprint density at radius 3 is 2.72 bits per heavy atom. The standard InChI is InChI=1S/C22H26N4O3/c1-4-28-17-11-9-16(10-12-17)13-26-15(3)20(14(2)24-26)23-22(27)21-18-7-5-6-8-19(18)29-25-21/h9-12H,4-8,13H2,1-3H3,(H,23,27). The van der Waals surface area contributed by atoms with Crippen molar-refractivity contribution in [2.24, 2.45) is 0 Å². The molecular formula is C22H26N4O3. The molecule has 1 amide bonds. The molecule has 0 fully saturated rings. The van der Waals surface area contributed by atoms with Crippen LogP contribution in [0.2, 0.25) is 0 Å². The van der Waals surface area contributed by atoms with Crippen LogP contribution in [0, 0.1) is 13.8 Å². The summed E-state index contributed by atoms with van der Waals surface area (Å²) in [6.45, 7) is 7.09. The molecule has 4 rings (SSSR count). The molecule has 0 unspecified atom stereocenters. The van der Waals surface area contributed by atoms with Gasteiger partial charge in [0.1, 0.15) is 11.5 Å². The Hall–Kier alpha value is -3.09. The number of amides is 1. The average Bonchev–Trinajstić information content (AvgIpc) is 3.26. The third-order valence-electron chi connectivity index (χ3n) is 5.35. The summed E-state index contributed by atoms with van der Waals surface area (Å²) in [5.74, 6) is 1.47. The average molecular weight is 394 g/mol. The Balaban J connectivity index is 1.51. The zero-order chi connectivity index (χ0) is 20.4. The van der Waals surface area contributed by atoms with Crippen molar-refractivity contribution in [2.75, 3.05) is 11.9 Å². The van der Waals surface area contributed by atoms with E-state index in [1.165, 1.54) is 0 Å². The quantitative estimate of drug-likeness (QED) is 0.682. The van der Waals surface area contributed by atoms with Crippen molar-refractivity contribution >= 4 is 11.6 Å². The van der Waals surface area contributed by atoms with Crippen LogP contribution in [-0.4, -0.2) is 27.5 Å². The van der Waals surface area contributed by atoms with E-state index in [1.54, 1.807) is 0 Å². The maximum absolute atomic E-state index is 12.8. The van der Waals surface area contributed by atoms with E-state index in [0.717, 1.165) is 65.4 Å². The highest BCUT2D eigenvalue weighted by Gasteiger charge is 2.25. The molecular weight excluding hydrogens is 368 g/mol. The third kappa shape index (κ3) is 3.90. The number of hydrogen-bond acceptors (Lipinski definition) is 5. The van der Waals surface area contributed by atoms with Crippen molar-refractivity contribution in [1.29, 1.82) is 0 Å². The number of anilines is 1. The second-order valence-corrected chi connectivity index (χ2v) is 7.37. The van der Waals surface area contributed by atoms with E-state index >= 15 is 0 Å². The molecule has 2 aromatic heterocycles. The highest BCUT2D eigenvalue weighted by Crippen LogP contribution is 2.26. The lowest BCUT2D eigenvalue weighted by Crippen LogP contribution is -2.16. The largest absolute Gasteiger partial charge is 0.494 e. The number of carbonyl (C=O) groups is 1. The first-order valence-electron chi connectivity index (χ1n) is 10.1. The highest BCUT2D eigenvalue weighted by molar-refractivity contribution is 6.04. The van der Waals surface area contributed by atoms with Crippen LogP contribution < -0.4 is 10.1 Å². The van der Waals surface area contributed by atoms with Crippen molar-refractivity contribution in [1.82, 2.24) is 14.9 Å². The van der Waals surface area contributed by atoms with Gasteiger partial charge >= 0.3 is 0 Å². The Kier molecular flexibility index (Phi) is 5.38. The number of fused-ring (bicyclic) bond motifs is 1. The topological polar surface area (TPSA) is 82.2 Å². The molecule has 0 saturated carbocycles. The van der Waals surface area contributed by atoms with E-state index < -0.39 is 0 Å². The molecule has 2 heterocycles. The van der Waals surface area contributed by atoms with Gasteiger partial charge in [-0.05, 0) is 57.7 Å². The molecule has 29 heavy (non-hydrogen) atoms. The van der Waals surface area contributed by atoms with Gasteiger partial charge in [-0.1, -0.05) is 17.3 Å². The van der Waals surface area contributed by atoms with Crippen LogP contribution in [0.25, 0.3) is 0 Å². The highest BCUT2D eigenvalue weighted by atomic mass is 16.5. The van der Waals surface area contributed by atoms with E-state index in [4.69, 9.17) is 9.26 Å². The van der Waals surface area contributed by atoms with E-state index in [0.29, 0.717) is 18.8 Å². The molecule has 7 heteroatoms. The van der Waals surface area contributed by atoms with Gasteiger partial charge in [-0.25, -0.2) is 0 Å². The molecule has 1 aliphatic rings. The van der Waals surface area contributed by atoms with Crippen LogP contribution in [0.4, 0.5) is 5.69 Å². The van der Waals surface area contributed by atoms with Crippen LogP contribution in [0.3, 0.4) is 0 Å². The van der Waals surface area contributed by atoms with E-state index in [2.05, 4.69) is 15.6 Å². The molecule has 1 aliphatic carbocycles. The lowest BCUT2D eigenvalue weighted by Gasteiger charge is -2.10. The summed E-state index contributed by atoms with van der Waals surface area (Å²) in [6, 6.07) is 7.98. The van der Waals surface area contributed by atoms with Gasteiger partial charge in [-0.2, -0.15) is 5.10 Å². The summed E-state index contributed by atoms with van der Waals surface area (Å²) in [4.78, 5) is 12.8. The molecule has 0 aliphatic heterocycles. The minimum atomic E-state index is -0.233. The zero-order valence-electron chi connectivity index (χ0n) is 17.1. The summed E-state index contributed by atoms with van der Waals surface area (Å²) < 4.78 is 12.8. The van der Waals surface area contributed by atoms with Gasteiger partial charge in [0.2, 0.25) is 0 Å². The minimum absolute atomic E-state index is 0.233. The van der Waals surface area contributed by atoms with Crippen molar-refractivity contribution < 1.29 is 14.1 Å². The third-order valence-corrected chi connectivity index (χ3v) is 5.35. The lowest BCUT2D eigenvalue weighted by atomic mass is 9.96.